The Morgan fingerprint density at radius 3 is 2.26 bits per heavy atom. The van der Waals surface area contributed by atoms with Gasteiger partial charge in [0.05, 0.1) is 18.1 Å². The topological polar surface area (TPSA) is 79.6 Å². The molecule has 3 aliphatic rings. The van der Waals surface area contributed by atoms with E-state index in [0.29, 0.717) is 0 Å². The lowest BCUT2D eigenvalue weighted by Gasteiger charge is -2.19. The minimum Gasteiger partial charge on any atom is -0.459 e. The van der Waals surface area contributed by atoms with E-state index in [1.54, 1.807) is 6.07 Å². The van der Waals surface area contributed by atoms with E-state index in [2.05, 4.69) is 5.43 Å². The fraction of sp³-hybridized carbons (Fsp3) is 0.471. The van der Waals surface area contributed by atoms with Crippen LogP contribution in [0.1, 0.15) is 37.2 Å². The predicted molar refractivity (Wildman–Crippen MR) is 79.6 cm³/mol. The van der Waals surface area contributed by atoms with E-state index >= 15 is 0 Å². The van der Waals surface area contributed by atoms with E-state index in [4.69, 9.17) is 4.42 Å². The molecule has 0 aromatic carbocycles. The van der Waals surface area contributed by atoms with Crippen molar-refractivity contribution in [3.63, 3.8) is 0 Å². The molecule has 4 atom stereocenters. The van der Waals surface area contributed by atoms with Crippen LogP contribution >= 0.6 is 0 Å². The van der Waals surface area contributed by atoms with Gasteiger partial charge in [0.15, 0.2) is 5.76 Å². The van der Waals surface area contributed by atoms with Crippen LogP contribution in [0.5, 0.6) is 0 Å². The molecule has 1 N–H and O–H groups in total. The van der Waals surface area contributed by atoms with Crippen molar-refractivity contribution in [3.05, 3.63) is 35.3 Å². The summed E-state index contributed by atoms with van der Waals surface area (Å²) in [7, 11) is 0. The van der Waals surface area contributed by atoms with Crippen LogP contribution in [0.25, 0.3) is 0 Å². The van der Waals surface area contributed by atoms with Gasteiger partial charge < -0.3 is 4.42 Å². The van der Waals surface area contributed by atoms with Crippen LogP contribution in [0, 0.1) is 23.7 Å². The zero-order valence-electron chi connectivity index (χ0n) is 13.0. The Bertz CT molecular complexity index is 698. The van der Waals surface area contributed by atoms with Gasteiger partial charge in [0, 0.05) is 0 Å². The first-order valence-electron chi connectivity index (χ1n) is 7.90. The van der Waals surface area contributed by atoms with Crippen LogP contribution in [0.15, 0.2) is 34.0 Å². The van der Waals surface area contributed by atoms with Crippen LogP contribution in [-0.4, -0.2) is 22.7 Å². The zero-order chi connectivity index (χ0) is 16.3. The summed E-state index contributed by atoms with van der Waals surface area (Å²) in [5.74, 6) is -1.40. The molecule has 1 aromatic rings. The lowest BCUT2D eigenvalue weighted by Crippen LogP contribution is -2.47. The van der Waals surface area contributed by atoms with Gasteiger partial charge in [0.1, 0.15) is 0 Å². The van der Waals surface area contributed by atoms with Crippen molar-refractivity contribution in [1.29, 1.82) is 0 Å². The molecule has 2 saturated carbocycles. The third-order valence-corrected chi connectivity index (χ3v) is 5.39. The average Bonchev–Trinajstić information content (AvgIpc) is 3.26. The fourth-order valence-electron chi connectivity index (χ4n) is 4.67. The van der Waals surface area contributed by atoms with Gasteiger partial charge in [0.2, 0.25) is 0 Å². The molecule has 0 spiro atoms. The van der Waals surface area contributed by atoms with Crippen LogP contribution in [0.2, 0.25) is 0 Å². The summed E-state index contributed by atoms with van der Waals surface area (Å²) >= 11 is 0. The number of hydrazine groups is 1. The minimum atomic E-state index is -0.577. The molecule has 1 aromatic heterocycles. The smallest absolute Gasteiger partial charge is 0.305 e. The van der Waals surface area contributed by atoms with Crippen LogP contribution in [0.4, 0.5) is 0 Å². The van der Waals surface area contributed by atoms with Crippen LogP contribution in [0.3, 0.4) is 0 Å². The lowest BCUT2D eigenvalue weighted by molar-refractivity contribution is -0.143. The first-order chi connectivity index (χ1) is 11.0. The Hall–Kier alpha value is -2.37. The van der Waals surface area contributed by atoms with E-state index in [-0.39, 0.29) is 41.2 Å². The van der Waals surface area contributed by atoms with Gasteiger partial charge in [-0.1, -0.05) is 11.1 Å². The summed E-state index contributed by atoms with van der Waals surface area (Å²) in [5, 5.41) is 0.910. The summed E-state index contributed by atoms with van der Waals surface area (Å²) in [6.07, 6.45) is 3.27. The number of hydrogen-bond donors (Lipinski definition) is 1. The number of hydrogen-bond acceptors (Lipinski definition) is 4. The lowest BCUT2D eigenvalue weighted by atomic mass is 9.81. The SMILES string of the molecule is CC(C)=C1[C@H]2CC[C@@H]1[C@H]1C(=O)N(NC(=O)c3ccco3)C(=O)[C@@H]12. The molecule has 1 aliphatic heterocycles. The molecular formula is C17H18N2O4. The van der Waals surface area contributed by atoms with Crippen molar-refractivity contribution in [3.8, 4) is 0 Å². The molecule has 2 aliphatic carbocycles. The minimum absolute atomic E-state index is 0.0793. The van der Waals surface area contributed by atoms with Crippen molar-refractivity contribution < 1.29 is 18.8 Å². The number of fused-ring (bicyclic) bond motifs is 5. The molecule has 0 unspecified atom stereocenters. The standard InChI is InChI=1S/C17H18N2O4/c1-8(2)12-9-5-6-10(12)14-13(9)16(21)19(17(14)22)18-15(20)11-4-3-7-23-11/h3-4,7,9-10,13-14H,5-6H2,1-2H3,(H,18,20)/t9-,10+,13-,14-/m1/s1. The number of rotatable bonds is 2. The number of carbonyl (C=O) groups is 3. The molecule has 3 fully saturated rings. The van der Waals surface area contributed by atoms with E-state index in [9.17, 15) is 14.4 Å². The van der Waals surface area contributed by atoms with Gasteiger partial charge in [-0.15, -0.1) is 0 Å². The molecule has 2 bridgehead atoms. The first-order valence-corrected chi connectivity index (χ1v) is 7.90. The van der Waals surface area contributed by atoms with E-state index in [1.165, 1.54) is 23.5 Å². The Labute approximate surface area is 133 Å². The summed E-state index contributed by atoms with van der Waals surface area (Å²) in [4.78, 5) is 37.5. The van der Waals surface area contributed by atoms with Gasteiger partial charge in [-0.2, -0.15) is 5.01 Å². The average molecular weight is 314 g/mol. The Morgan fingerprint density at radius 2 is 1.78 bits per heavy atom. The first kappa shape index (κ1) is 14.2. The molecule has 0 radical (unpaired) electrons. The van der Waals surface area contributed by atoms with Crippen molar-refractivity contribution in [1.82, 2.24) is 10.4 Å². The van der Waals surface area contributed by atoms with Gasteiger partial charge in [-0.3, -0.25) is 19.8 Å². The maximum Gasteiger partial charge on any atom is 0.305 e. The molecule has 4 rings (SSSR count). The molecule has 6 nitrogen and oxygen atoms in total. The molecule has 1 saturated heterocycles. The second kappa shape index (κ2) is 4.81. The fourth-order valence-corrected chi connectivity index (χ4v) is 4.67. The normalized spacial score (nSPS) is 31.7. The molecule has 120 valence electrons. The molecular weight excluding hydrogens is 296 g/mol. The van der Waals surface area contributed by atoms with Gasteiger partial charge in [-0.25, -0.2) is 0 Å². The number of carbonyl (C=O) groups excluding carboxylic acids is 3. The predicted octanol–water partition coefficient (Wildman–Crippen LogP) is 1.90. The van der Waals surface area contributed by atoms with E-state index in [1.807, 2.05) is 13.8 Å². The van der Waals surface area contributed by atoms with Gasteiger partial charge >= 0.3 is 5.91 Å². The van der Waals surface area contributed by atoms with E-state index in [0.717, 1.165) is 17.9 Å². The number of nitrogens with zero attached hydrogens (tertiary/aromatic N) is 1. The van der Waals surface area contributed by atoms with E-state index < -0.39 is 5.91 Å². The monoisotopic (exact) mass is 314 g/mol. The maximum absolute atomic E-state index is 12.7. The summed E-state index contributed by atoms with van der Waals surface area (Å²) in [5.41, 5.74) is 4.92. The van der Waals surface area contributed by atoms with Crippen molar-refractivity contribution in [2.75, 3.05) is 0 Å². The zero-order valence-corrected chi connectivity index (χ0v) is 13.0. The van der Waals surface area contributed by atoms with Crippen molar-refractivity contribution >= 4 is 17.7 Å². The quantitative estimate of drug-likeness (QED) is 0.668. The summed E-state index contributed by atoms with van der Waals surface area (Å²) in [6.45, 7) is 4.10. The third-order valence-electron chi connectivity index (χ3n) is 5.39. The highest BCUT2D eigenvalue weighted by Gasteiger charge is 2.63. The number of furan rings is 1. The number of nitrogens with one attached hydrogen (secondary N) is 1. The maximum atomic E-state index is 12.7. The second-order valence-electron chi connectivity index (χ2n) is 6.73. The van der Waals surface area contributed by atoms with Gasteiger partial charge in [-0.05, 0) is 50.7 Å². The van der Waals surface area contributed by atoms with Gasteiger partial charge in [0.25, 0.3) is 11.8 Å². The number of imide groups is 1. The van der Waals surface area contributed by atoms with Crippen LogP contribution in [-0.2, 0) is 9.59 Å². The highest BCUT2D eigenvalue weighted by atomic mass is 16.3. The molecule has 6 heteroatoms. The highest BCUT2D eigenvalue weighted by molar-refractivity contribution is 6.08. The Balaban J connectivity index is 1.61. The molecule has 3 amide bonds. The third kappa shape index (κ3) is 1.84. The summed E-state index contributed by atoms with van der Waals surface area (Å²) < 4.78 is 5.00. The number of allylic oxidation sites excluding steroid dienone is 2. The number of amides is 3. The van der Waals surface area contributed by atoms with Crippen LogP contribution < -0.4 is 5.43 Å². The highest BCUT2D eigenvalue weighted by Crippen LogP contribution is 2.59. The van der Waals surface area contributed by atoms with Crippen molar-refractivity contribution in [2.24, 2.45) is 23.7 Å². The Kier molecular flexibility index (Phi) is 2.98. The summed E-state index contributed by atoms with van der Waals surface area (Å²) in [6, 6.07) is 3.07. The molecule has 2 heterocycles. The van der Waals surface area contributed by atoms with Crippen molar-refractivity contribution in [2.45, 2.75) is 26.7 Å². The molecule has 23 heavy (non-hydrogen) atoms. The Morgan fingerprint density at radius 1 is 1.17 bits per heavy atom. The second-order valence-corrected chi connectivity index (χ2v) is 6.73. The largest absolute Gasteiger partial charge is 0.459 e.